The van der Waals surface area contributed by atoms with Crippen LogP contribution in [0.5, 0.6) is 11.5 Å². The maximum Gasteiger partial charge on any atom is 0.573 e. The van der Waals surface area contributed by atoms with Gasteiger partial charge in [0.1, 0.15) is 5.75 Å². The van der Waals surface area contributed by atoms with Crippen LogP contribution in [0.15, 0.2) is 48.5 Å². The minimum Gasteiger partial charge on any atom is -0.493 e. The highest BCUT2D eigenvalue weighted by atomic mass is 19.4. The van der Waals surface area contributed by atoms with E-state index in [2.05, 4.69) is 15.2 Å². The first kappa shape index (κ1) is 24.5. The van der Waals surface area contributed by atoms with Gasteiger partial charge in [-0.05, 0) is 49.6 Å². The molecule has 7 nitrogen and oxygen atoms in total. The van der Waals surface area contributed by atoms with Gasteiger partial charge >= 0.3 is 6.36 Å². The average molecular weight is 493 g/mol. The van der Waals surface area contributed by atoms with Crippen molar-refractivity contribution in [3.63, 3.8) is 0 Å². The number of nitrogens with one attached hydrogen (secondary N) is 1. The third-order valence-corrected chi connectivity index (χ3v) is 5.45. The zero-order chi connectivity index (χ0) is 25.0. The minimum absolute atomic E-state index is 0.0401. The Kier molecular flexibility index (Phi) is 7.25. The number of hydrogen-bond acceptors (Lipinski definition) is 5. The molecule has 2 aromatic carbocycles. The number of para-hydroxylation sites is 2. The molecule has 1 atom stereocenters. The molecule has 1 amide bonds. The smallest absolute Gasteiger partial charge is 0.493 e. The lowest BCUT2D eigenvalue weighted by atomic mass is 10.1. The number of methoxy groups -OCH3 is 1. The summed E-state index contributed by atoms with van der Waals surface area (Å²) in [6, 6.07) is 11.2. The van der Waals surface area contributed by atoms with Gasteiger partial charge < -0.3 is 19.5 Å². The van der Waals surface area contributed by atoms with Crippen LogP contribution < -0.4 is 14.8 Å². The molecule has 186 valence electrons. The van der Waals surface area contributed by atoms with Gasteiger partial charge in [-0.25, -0.2) is 9.07 Å². The molecule has 0 saturated carbocycles. The number of halogens is 4. The molecular weight excluding hydrogens is 470 g/mol. The highest BCUT2D eigenvalue weighted by molar-refractivity contribution is 5.96. The van der Waals surface area contributed by atoms with Crippen molar-refractivity contribution in [2.75, 3.05) is 13.7 Å². The number of benzene rings is 2. The summed E-state index contributed by atoms with van der Waals surface area (Å²) in [6.07, 6.45) is -2.80. The number of aromatic nitrogens is 2. The van der Waals surface area contributed by atoms with E-state index in [4.69, 9.17) is 9.47 Å². The van der Waals surface area contributed by atoms with Crippen molar-refractivity contribution in [1.29, 1.82) is 0 Å². The first-order valence-corrected chi connectivity index (χ1v) is 10.9. The number of alkyl halides is 3. The van der Waals surface area contributed by atoms with E-state index >= 15 is 0 Å². The molecule has 1 aliphatic heterocycles. The summed E-state index contributed by atoms with van der Waals surface area (Å²) in [6.45, 7) is 0.454. The van der Waals surface area contributed by atoms with Crippen LogP contribution in [0.4, 0.5) is 17.6 Å². The molecule has 35 heavy (non-hydrogen) atoms. The molecule has 4 rings (SSSR count). The Morgan fingerprint density at radius 3 is 2.71 bits per heavy atom. The summed E-state index contributed by atoms with van der Waals surface area (Å²) in [5.74, 6) is -1.88. The van der Waals surface area contributed by atoms with Crippen molar-refractivity contribution in [3.05, 3.63) is 65.6 Å². The van der Waals surface area contributed by atoms with Gasteiger partial charge in [-0.15, -0.1) is 13.2 Å². The summed E-state index contributed by atoms with van der Waals surface area (Å²) < 4.78 is 69.2. The third-order valence-electron chi connectivity index (χ3n) is 5.45. The van der Waals surface area contributed by atoms with E-state index in [1.54, 1.807) is 22.9 Å². The average Bonchev–Trinajstić information content (AvgIpc) is 3.26. The van der Waals surface area contributed by atoms with E-state index in [-0.39, 0.29) is 17.9 Å². The highest BCUT2D eigenvalue weighted by Crippen LogP contribution is 2.36. The standard InChI is InChI=1S/C24H23F4N3O4/c1-33-22-16(8-6-9-18(22)25)19-13-15(30-31(19)21-11-4-5-12-34-21)14-29-23(32)17-7-2-3-10-20(17)35-24(26,27)28/h2-3,6-10,13,21H,4-5,11-12,14H2,1H3,(H,29,32). The number of rotatable bonds is 7. The van der Waals surface area contributed by atoms with Crippen molar-refractivity contribution >= 4 is 5.91 Å². The maximum atomic E-state index is 14.4. The normalized spacial score (nSPS) is 16.1. The van der Waals surface area contributed by atoms with Gasteiger partial charge in [-0.3, -0.25) is 4.79 Å². The van der Waals surface area contributed by atoms with Crippen molar-refractivity contribution in [2.45, 2.75) is 38.4 Å². The molecule has 0 radical (unpaired) electrons. The van der Waals surface area contributed by atoms with Crippen molar-refractivity contribution < 1.29 is 36.6 Å². The summed E-state index contributed by atoms with van der Waals surface area (Å²) in [4.78, 5) is 12.6. The Labute approximate surface area is 198 Å². The predicted molar refractivity (Wildman–Crippen MR) is 117 cm³/mol. The number of carbonyl (C=O) groups is 1. The number of carbonyl (C=O) groups excluding carboxylic acids is 1. The molecule has 0 bridgehead atoms. The van der Waals surface area contributed by atoms with Gasteiger partial charge in [0.25, 0.3) is 5.91 Å². The van der Waals surface area contributed by atoms with Crippen LogP contribution in [0, 0.1) is 5.82 Å². The molecule has 1 aromatic heterocycles. The largest absolute Gasteiger partial charge is 0.573 e. The van der Waals surface area contributed by atoms with Gasteiger partial charge in [0.2, 0.25) is 0 Å². The van der Waals surface area contributed by atoms with Crippen LogP contribution in [0.1, 0.15) is 41.5 Å². The fraction of sp³-hybridized carbons (Fsp3) is 0.333. The lowest BCUT2D eigenvalue weighted by Crippen LogP contribution is -2.26. The third kappa shape index (κ3) is 5.73. The van der Waals surface area contributed by atoms with Gasteiger partial charge in [-0.1, -0.05) is 18.2 Å². The van der Waals surface area contributed by atoms with Crippen molar-refractivity contribution in [3.8, 4) is 22.8 Å². The van der Waals surface area contributed by atoms with E-state index < -0.39 is 30.1 Å². The number of amides is 1. The van der Waals surface area contributed by atoms with Crippen LogP contribution in [0.2, 0.25) is 0 Å². The van der Waals surface area contributed by atoms with Gasteiger partial charge in [-0.2, -0.15) is 5.10 Å². The monoisotopic (exact) mass is 493 g/mol. The van der Waals surface area contributed by atoms with Crippen molar-refractivity contribution in [1.82, 2.24) is 15.1 Å². The van der Waals surface area contributed by atoms with Crippen molar-refractivity contribution in [2.24, 2.45) is 0 Å². The molecule has 1 N–H and O–H groups in total. The lowest BCUT2D eigenvalue weighted by molar-refractivity contribution is -0.274. The van der Waals surface area contributed by atoms with E-state index in [0.717, 1.165) is 18.9 Å². The number of ether oxygens (including phenoxy) is 3. The molecule has 1 unspecified atom stereocenters. The van der Waals surface area contributed by atoms with Gasteiger partial charge in [0.15, 0.2) is 17.8 Å². The van der Waals surface area contributed by atoms with Crippen LogP contribution >= 0.6 is 0 Å². The van der Waals surface area contributed by atoms with Crippen LogP contribution in [-0.2, 0) is 11.3 Å². The number of nitrogens with zero attached hydrogens (tertiary/aromatic N) is 2. The van der Waals surface area contributed by atoms with E-state index in [1.807, 2.05) is 0 Å². The first-order valence-electron chi connectivity index (χ1n) is 10.9. The molecule has 1 fully saturated rings. The Morgan fingerprint density at radius 1 is 1.20 bits per heavy atom. The number of hydrogen-bond donors (Lipinski definition) is 1. The Balaban J connectivity index is 1.61. The fourth-order valence-corrected chi connectivity index (χ4v) is 3.92. The van der Waals surface area contributed by atoms with Gasteiger partial charge in [0.05, 0.1) is 30.6 Å². The Bertz CT molecular complexity index is 1190. The molecule has 0 aliphatic carbocycles. The predicted octanol–water partition coefficient (Wildman–Crippen LogP) is 5.23. The Morgan fingerprint density at radius 2 is 2.00 bits per heavy atom. The SMILES string of the molecule is COc1c(F)cccc1-c1cc(CNC(=O)c2ccccc2OC(F)(F)F)nn1C1CCCCO1. The minimum atomic E-state index is -4.94. The topological polar surface area (TPSA) is 74.6 Å². The van der Waals surface area contributed by atoms with Crippen LogP contribution in [0.25, 0.3) is 11.3 Å². The lowest BCUT2D eigenvalue weighted by Gasteiger charge is -2.25. The summed E-state index contributed by atoms with van der Waals surface area (Å²) in [5, 5.41) is 7.12. The zero-order valence-corrected chi connectivity index (χ0v) is 18.8. The van der Waals surface area contributed by atoms with E-state index in [1.165, 1.54) is 31.4 Å². The second-order valence-corrected chi connectivity index (χ2v) is 7.83. The second-order valence-electron chi connectivity index (χ2n) is 7.83. The summed E-state index contributed by atoms with van der Waals surface area (Å²) >= 11 is 0. The Hall–Kier alpha value is -3.60. The maximum absolute atomic E-state index is 14.4. The molecule has 1 saturated heterocycles. The van der Waals surface area contributed by atoms with Crippen LogP contribution in [0.3, 0.4) is 0 Å². The summed E-state index contributed by atoms with van der Waals surface area (Å²) in [7, 11) is 1.36. The van der Waals surface area contributed by atoms with E-state index in [9.17, 15) is 22.4 Å². The quantitative estimate of drug-likeness (QED) is 0.457. The first-order chi connectivity index (χ1) is 16.8. The fourth-order valence-electron chi connectivity index (χ4n) is 3.92. The molecular formula is C24H23F4N3O4. The molecule has 0 spiro atoms. The van der Waals surface area contributed by atoms with Crippen LogP contribution in [-0.4, -0.2) is 35.8 Å². The summed E-state index contributed by atoms with van der Waals surface area (Å²) in [5.41, 5.74) is 1.11. The van der Waals surface area contributed by atoms with E-state index in [0.29, 0.717) is 30.0 Å². The van der Waals surface area contributed by atoms with Gasteiger partial charge in [0, 0.05) is 12.2 Å². The molecule has 11 heteroatoms. The zero-order valence-electron chi connectivity index (χ0n) is 18.8. The molecule has 2 heterocycles. The second kappa shape index (κ2) is 10.3. The highest BCUT2D eigenvalue weighted by Gasteiger charge is 2.33. The molecule has 1 aliphatic rings. The molecule has 3 aromatic rings.